The van der Waals surface area contributed by atoms with Gasteiger partial charge in [-0.15, -0.1) is 0 Å². The van der Waals surface area contributed by atoms with Gasteiger partial charge in [0.05, 0.1) is 0 Å². The number of phenols is 1. The second-order valence-corrected chi connectivity index (χ2v) is 6.53. The topological polar surface area (TPSA) is 67.0 Å². The van der Waals surface area contributed by atoms with Crippen LogP contribution >= 0.6 is 0 Å². The van der Waals surface area contributed by atoms with E-state index in [-0.39, 0.29) is 17.6 Å². The summed E-state index contributed by atoms with van der Waals surface area (Å²) in [4.78, 5) is 11.8. The maximum Gasteiger partial charge on any atom is 0.336 e. The van der Waals surface area contributed by atoms with E-state index in [2.05, 4.69) is 19.2 Å². The molecule has 130 valence electrons. The second-order valence-electron chi connectivity index (χ2n) is 6.53. The molecule has 3 aromatic rings. The number of quaternary nitrogens is 1. The molecule has 0 spiro atoms. The lowest BCUT2D eigenvalue weighted by molar-refractivity contribution is -0.717. The van der Waals surface area contributed by atoms with Crippen molar-refractivity contribution in [3.8, 4) is 5.75 Å². The summed E-state index contributed by atoms with van der Waals surface area (Å²) in [6, 6.07) is 12.9. The van der Waals surface area contributed by atoms with Gasteiger partial charge >= 0.3 is 5.63 Å². The molecule has 0 fully saturated rings. The highest BCUT2D eigenvalue weighted by Gasteiger charge is 2.20. The molecule has 0 saturated heterocycles. The van der Waals surface area contributed by atoms with Gasteiger partial charge in [0.25, 0.3) is 0 Å². The van der Waals surface area contributed by atoms with Crippen LogP contribution in [0, 0.1) is 11.7 Å². The predicted molar refractivity (Wildman–Crippen MR) is 93.8 cm³/mol. The molecule has 3 N–H and O–H groups in total. The molecule has 0 saturated carbocycles. The molecule has 4 nitrogen and oxygen atoms in total. The summed E-state index contributed by atoms with van der Waals surface area (Å²) in [5.74, 6) is 0.141. The summed E-state index contributed by atoms with van der Waals surface area (Å²) < 4.78 is 18.3. The zero-order chi connectivity index (χ0) is 18.0. The number of nitrogens with two attached hydrogens (primary N) is 1. The Morgan fingerprint density at radius 3 is 2.52 bits per heavy atom. The van der Waals surface area contributed by atoms with E-state index in [0.29, 0.717) is 18.0 Å². The number of rotatable bonds is 5. The minimum Gasteiger partial charge on any atom is -0.508 e. The molecular formula is C20H21FNO3+. The van der Waals surface area contributed by atoms with E-state index in [0.717, 1.165) is 16.5 Å². The zero-order valence-electron chi connectivity index (χ0n) is 14.2. The molecule has 2 aromatic carbocycles. The van der Waals surface area contributed by atoms with Crippen molar-refractivity contribution in [2.45, 2.75) is 26.4 Å². The molecule has 0 amide bonds. The number of aromatic hydroxyl groups is 1. The maximum atomic E-state index is 13.2. The monoisotopic (exact) mass is 342 g/mol. The first-order valence-corrected chi connectivity index (χ1v) is 8.28. The SMILES string of the molecule is CC(C)[C@@H]([NH2+]Cc1cc(=O)oc2cc(O)ccc12)c1ccc(F)cc1. The van der Waals surface area contributed by atoms with Crippen LogP contribution in [0.15, 0.2) is 57.7 Å². The first kappa shape index (κ1) is 17.2. The van der Waals surface area contributed by atoms with Gasteiger partial charge < -0.3 is 14.8 Å². The van der Waals surface area contributed by atoms with Crippen LogP contribution in [0.1, 0.15) is 31.0 Å². The third kappa shape index (κ3) is 3.88. The van der Waals surface area contributed by atoms with Gasteiger partial charge in [0.2, 0.25) is 0 Å². The van der Waals surface area contributed by atoms with Crippen molar-refractivity contribution in [2.24, 2.45) is 5.92 Å². The average Bonchev–Trinajstić information content (AvgIpc) is 2.55. The fraction of sp³-hybridized carbons (Fsp3) is 0.250. The Bertz CT molecular complexity index is 932. The normalized spacial score (nSPS) is 12.6. The van der Waals surface area contributed by atoms with Crippen LogP contribution in [-0.4, -0.2) is 5.11 Å². The van der Waals surface area contributed by atoms with E-state index >= 15 is 0 Å². The smallest absolute Gasteiger partial charge is 0.336 e. The number of benzene rings is 2. The van der Waals surface area contributed by atoms with Gasteiger partial charge in [-0.25, -0.2) is 9.18 Å². The molecule has 1 atom stereocenters. The van der Waals surface area contributed by atoms with E-state index in [4.69, 9.17) is 4.42 Å². The maximum absolute atomic E-state index is 13.2. The molecule has 1 heterocycles. The van der Waals surface area contributed by atoms with Gasteiger partial charge in [-0.2, -0.15) is 0 Å². The Balaban J connectivity index is 1.89. The van der Waals surface area contributed by atoms with Crippen LogP contribution in [0.2, 0.25) is 0 Å². The van der Waals surface area contributed by atoms with E-state index in [9.17, 15) is 14.3 Å². The van der Waals surface area contributed by atoms with Crippen molar-refractivity contribution >= 4 is 11.0 Å². The summed E-state index contributed by atoms with van der Waals surface area (Å²) in [6.07, 6.45) is 0. The first-order chi connectivity index (χ1) is 11.9. The van der Waals surface area contributed by atoms with Gasteiger partial charge in [0.15, 0.2) is 0 Å². The number of hydrogen-bond acceptors (Lipinski definition) is 3. The van der Waals surface area contributed by atoms with Crippen LogP contribution in [0.4, 0.5) is 4.39 Å². The van der Waals surface area contributed by atoms with Crippen LogP contribution in [0.5, 0.6) is 5.75 Å². The molecule has 0 bridgehead atoms. The molecule has 25 heavy (non-hydrogen) atoms. The van der Waals surface area contributed by atoms with Crippen LogP contribution < -0.4 is 10.9 Å². The molecule has 0 aliphatic carbocycles. The molecular weight excluding hydrogens is 321 g/mol. The van der Waals surface area contributed by atoms with Crippen molar-refractivity contribution in [1.29, 1.82) is 0 Å². The van der Waals surface area contributed by atoms with Gasteiger partial charge in [-0.3, -0.25) is 0 Å². The van der Waals surface area contributed by atoms with E-state index in [1.54, 1.807) is 24.3 Å². The third-order valence-corrected chi connectivity index (χ3v) is 4.38. The number of hydrogen-bond donors (Lipinski definition) is 2. The van der Waals surface area contributed by atoms with Crippen molar-refractivity contribution in [2.75, 3.05) is 0 Å². The largest absolute Gasteiger partial charge is 0.508 e. The fourth-order valence-electron chi connectivity index (χ4n) is 3.12. The van der Waals surface area contributed by atoms with Crippen molar-refractivity contribution < 1.29 is 19.2 Å². The number of phenolic OH excluding ortho intramolecular Hbond substituents is 1. The minimum absolute atomic E-state index is 0.0585. The molecule has 0 radical (unpaired) electrons. The van der Waals surface area contributed by atoms with Gasteiger partial charge in [0.1, 0.15) is 29.7 Å². The van der Waals surface area contributed by atoms with Crippen LogP contribution in [0.25, 0.3) is 11.0 Å². The molecule has 5 heteroatoms. The molecule has 3 rings (SSSR count). The highest BCUT2D eigenvalue weighted by Crippen LogP contribution is 2.22. The number of halogens is 1. The molecule has 1 aromatic heterocycles. The van der Waals surface area contributed by atoms with E-state index in [1.165, 1.54) is 24.3 Å². The van der Waals surface area contributed by atoms with Crippen molar-refractivity contribution in [1.82, 2.24) is 0 Å². The first-order valence-electron chi connectivity index (χ1n) is 8.28. The summed E-state index contributed by atoms with van der Waals surface area (Å²) in [7, 11) is 0. The summed E-state index contributed by atoms with van der Waals surface area (Å²) in [6.45, 7) is 4.80. The van der Waals surface area contributed by atoms with Gasteiger partial charge in [-0.1, -0.05) is 26.0 Å². The standard InChI is InChI=1S/C20H20FNO3/c1-12(2)20(13-3-5-15(21)6-4-13)22-11-14-9-19(24)25-18-10-16(23)7-8-17(14)18/h3-10,12,20,22-23H,11H2,1-2H3/p+1/t20-/m1/s1. The third-order valence-electron chi connectivity index (χ3n) is 4.38. The van der Waals surface area contributed by atoms with Gasteiger partial charge in [-0.05, 0) is 24.3 Å². The second kappa shape index (κ2) is 7.07. The Hall–Kier alpha value is -2.66. The zero-order valence-corrected chi connectivity index (χ0v) is 14.2. The lowest BCUT2D eigenvalue weighted by atomic mass is 9.95. The summed E-state index contributed by atoms with van der Waals surface area (Å²) in [5.41, 5.74) is 1.82. The lowest BCUT2D eigenvalue weighted by Crippen LogP contribution is -2.84. The van der Waals surface area contributed by atoms with Crippen LogP contribution in [0.3, 0.4) is 0 Å². The van der Waals surface area contributed by atoms with Crippen LogP contribution in [-0.2, 0) is 6.54 Å². The Kier molecular flexibility index (Phi) is 4.86. The van der Waals surface area contributed by atoms with Gasteiger partial charge in [0, 0.05) is 34.6 Å². The Morgan fingerprint density at radius 2 is 1.84 bits per heavy atom. The Morgan fingerprint density at radius 1 is 1.12 bits per heavy atom. The summed E-state index contributed by atoms with van der Waals surface area (Å²) in [5, 5.41) is 12.5. The van der Waals surface area contributed by atoms with Crippen molar-refractivity contribution in [3.05, 3.63) is 75.9 Å². The summed E-state index contributed by atoms with van der Waals surface area (Å²) >= 11 is 0. The minimum atomic E-state index is -0.440. The Labute approximate surface area is 144 Å². The van der Waals surface area contributed by atoms with Crippen molar-refractivity contribution in [3.63, 3.8) is 0 Å². The quantitative estimate of drug-likeness (QED) is 0.700. The molecule has 0 aliphatic heterocycles. The molecule has 0 unspecified atom stereocenters. The highest BCUT2D eigenvalue weighted by molar-refractivity contribution is 5.81. The fourth-order valence-corrected chi connectivity index (χ4v) is 3.12. The molecule has 0 aliphatic rings. The number of fused-ring (bicyclic) bond motifs is 1. The highest BCUT2D eigenvalue weighted by atomic mass is 19.1. The predicted octanol–water partition coefficient (Wildman–Crippen LogP) is 3.10. The average molecular weight is 342 g/mol. The van der Waals surface area contributed by atoms with E-state index < -0.39 is 5.63 Å². The van der Waals surface area contributed by atoms with E-state index in [1.807, 2.05) is 0 Å². The lowest BCUT2D eigenvalue weighted by Gasteiger charge is -2.20.